The third kappa shape index (κ3) is 3.08. The third-order valence-corrected chi connectivity index (χ3v) is 3.11. The minimum atomic E-state index is -2.54. The number of hydrogen-bond acceptors (Lipinski definition) is 2. The predicted octanol–water partition coefficient (Wildman–Crippen LogP) is 3.92. The number of hydrogen-bond donors (Lipinski definition) is 1. The van der Waals surface area contributed by atoms with Gasteiger partial charge in [0.15, 0.2) is 0 Å². The van der Waals surface area contributed by atoms with Crippen LogP contribution in [0.3, 0.4) is 0 Å². The molecular formula is C13H17F2NO. The second-order valence-corrected chi connectivity index (χ2v) is 4.48. The molecule has 0 amide bonds. The zero-order valence-electron chi connectivity index (χ0n) is 9.66. The molecule has 0 heterocycles. The van der Waals surface area contributed by atoms with Gasteiger partial charge in [0, 0.05) is 5.69 Å². The highest BCUT2D eigenvalue weighted by Gasteiger charge is 2.19. The Hall–Kier alpha value is -1.32. The van der Waals surface area contributed by atoms with Gasteiger partial charge in [0.25, 0.3) is 6.43 Å². The van der Waals surface area contributed by atoms with E-state index < -0.39 is 6.43 Å². The summed E-state index contributed by atoms with van der Waals surface area (Å²) in [7, 11) is 0. The first-order valence-electron chi connectivity index (χ1n) is 6.01. The van der Waals surface area contributed by atoms with Crippen LogP contribution in [-0.2, 0) is 0 Å². The average Bonchev–Trinajstić information content (AvgIpc) is 2.32. The van der Waals surface area contributed by atoms with Crippen molar-refractivity contribution in [1.29, 1.82) is 0 Å². The number of nitrogen functional groups attached to an aromatic ring is 1. The highest BCUT2D eigenvalue weighted by molar-refractivity contribution is 5.48. The summed E-state index contributed by atoms with van der Waals surface area (Å²) in [5.74, 6) is 0.279. The summed E-state index contributed by atoms with van der Waals surface area (Å²) < 4.78 is 31.3. The Kier molecular flexibility index (Phi) is 3.82. The fraction of sp³-hybridized carbons (Fsp3) is 0.538. The van der Waals surface area contributed by atoms with E-state index in [0.29, 0.717) is 5.69 Å². The molecule has 2 nitrogen and oxygen atoms in total. The molecule has 1 aromatic rings. The van der Waals surface area contributed by atoms with Crippen molar-refractivity contribution < 1.29 is 13.5 Å². The molecule has 1 fully saturated rings. The second kappa shape index (κ2) is 5.34. The summed E-state index contributed by atoms with van der Waals surface area (Å²) in [6, 6.07) is 4.44. The molecular weight excluding hydrogens is 224 g/mol. The fourth-order valence-corrected chi connectivity index (χ4v) is 2.21. The van der Waals surface area contributed by atoms with E-state index in [1.807, 2.05) is 0 Å². The van der Waals surface area contributed by atoms with Gasteiger partial charge >= 0.3 is 0 Å². The van der Waals surface area contributed by atoms with Gasteiger partial charge in [-0.3, -0.25) is 0 Å². The van der Waals surface area contributed by atoms with Crippen LogP contribution in [0.25, 0.3) is 0 Å². The van der Waals surface area contributed by atoms with Gasteiger partial charge in [-0.25, -0.2) is 8.78 Å². The number of alkyl halides is 2. The van der Waals surface area contributed by atoms with Crippen LogP contribution in [0.4, 0.5) is 14.5 Å². The molecule has 0 spiro atoms. The Morgan fingerprint density at radius 2 is 1.88 bits per heavy atom. The van der Waals surface area contributed by atoms with E-state index in [4.69, 9.17) is 10.5 Å². The lowest BCUT2D eigenvalue weighted by molar-refractivity contribution is 0.124. The molecule has 0 atom stereocenters. The first kappa shape index (κ1) is 12.1. The molecule has 2 rings (SSSR count). The topological polar surface area (TPSA) is 35.2 Å². The smallest absolute Gasteiger partial charge is 0.267 e. The minimum Gasteiger partial charge on any atom is -0.490 e. The van der Waals surface area contributed by atoms with Crippen molar-refractivity contribution in [2.24, 2.45) is 0 Å². The number of ether oxygens (including phenoxy) is 1. The lowest BCUT2D eigenvalue weighted by atomic mass is 9.97. The normalized spacial score (nSPS) is 17.4. The maximum Gasteiger partial charge on any atom is 0.267 e. The van der Waals surface area contributed by atoms with E-state index in [2.05, 4.69) is 0 Å². The maximum absolute atomic E-state index is 12.8. The van der Waals surface area contributed by atoms with E-state index in [0.717, 1.165) is 25.7 Å². The molecule has 94 valence electrons. The van der Waals surface area contributed by atoms with Crippen LogP contribution in [0.2, 0.25) is 0 Å². The quantitative estimate of drug-likeness (QED) is 0.814. The maximum atomic E-state index is 12.8. The summed E-state index contributed by atoms with van der Waals surface area (Å²) in [6.07, 6.45) is 2.87. The van der Waals surface area contributed by atoms with Gasteiger partial charge in [-0.05, 0) is 43.9 Å². The van der Waals surface area contributed by atoms with Gasteiger partial charge in [0.1, 0.15) is 5.75 Å². The van der Waals surface area contributed by atoms with Gasteiger partial charge < -0.3 is 10.5 Å². The third-order valence-electron chi connectivity index (χ3n) is 3.11. The van der Waals surface area contributed by atoms with Crippen LogP contribution in [0.15, 0.2) is 18.2 Å². The van der Waals surface area contributed by atoms with Crippen molar-refractivity contribution in [3.05, 3.63) is 23.8 Å². The van der Waals surface area contributed by atoms with Crippen LogP contribution in [0.1, 0.15) is 44.1 Å². The van der Waals surface area contributed by atoms with Crippen molar-refractivity contribution >= 4 is 5.69 Å². The number of rotatable bonds is 3. The molecule has 1 aliphatic carbocycles. The molecule has 0 bridgehead atoms. The van der Waals surface area contributed by atoms with E-state index in [1.54, 1.807) is 12.1 Å². The zero-order valence-corrected chi connectivity index (χ0v) is 9.66. The Morgan fingerprint density at radius 3 is 2.53 bits per heavy atom. The summed E-state index contributed by atoms with van der Waals surface area (Å²) in [5, 5.41) is 0. The molecule has 1 aromatic carbocycles. The first-order valence-corrected chi connectivity index (χ1v) is 6.01. The standard InChI is InChI=1S/C13H17F2NO/c14-13(15)11-8-9(16)6-7-12(11)17-10-4-2-1-3-5-10/h6-8,10,13H,1-5,16H2. The second-order valence-electron chi connectivity index (χ2n) is 4.48. The Labute approximate surface area is 99.8 Å². The zero-order chi connectivity index (χ0) is 12.3. The van der Waals surface area contributed by atoms with Crippen LogP contribution in [0, 0.1) is 0 Å². The molecule has 0 unspecified atom stereocenters. The van der Waals surface area contributed by atoms with Crippen molar-refractivity contribution in [2.45, 2.75) is 44.6 Å². The van der Waals surface area contributed by atoms with Gasteiger partial charge in [-0.1, -0.05) is 6.42 Å². The fourth-order valence-electron chi connectivity index (χ4n) is 2.21. The number of nitrogens with two attached hydrogens (primary N) is 1. The number of halogens is 2. The molecule has 0 aliphatic heterocycles. The van der Waals surface area contributed by atoms with Gasteiger partial charge in [0.2, 0.25) is 0 Å². The molecule has 2 N–H and O–H groups in total. The van der Waals surface area contributed by atoms with E-state index in [-0.39, 0.29) is 17.4 Å². The van der Waals surface area contributed by atoms with Crippen molar-refractivity contribution in [2.75, 3.05) is 5.73 Å². The van der Waals surface area contributed by atoms with Crippen LogP contribution in [0.5, 0.6) is 5.75 Å². The largest absolute Gasteiger partial charge is 0.490 e. The van der Waals surface area contributed by atoms with Crippen molar-refractivity contribution in [3.63, 3.8) is 0 Å². The molecule has 1 aliphatic rings. The molecule has 1 saturated carbocycles. The summed E-state index contributed by atoms with van der Waals surface area (Å²) in [5.41, 5.74) is 5.75. The highest BCUT2D eigenvalue weighted by atomic mass is 19.3. The first-order chi connectivity index (χ1) is 8.16. The Bertz CT molecular complexity index is 376. The predicted molar refractivity (Wildman–Crippen MR) is 63.3 cm³/mol. The lowest BCUT2D eigenvalue weighted by Crippen LogP contribution is -2.20. The summed E-state index contributed by atoms with van der Waals surface area (Å²) in [6.45, 7) is 0. The van der Waals surface area contributed by atoms with Crippen LogP contribution in [-0.4, -0.2) is 6.10 Å². The van der Waals surface area contributed by atoms with Gasteiger partial charge in [-0.2, -0.15) is 0 Å². The molecule has 17 heavy (non-hydrogen) atoms. The number of anilines is 1. The van der Waals surface area contributed by atoms with E-state index in [9.17, 15) is 8.78 Å². The summed E-state index contributed by atoms with van der Waals surface area (Å²) >= 11 is 0. The van der Waals surface area contributed by atoms with Crippen molar-refractivity contribution in [1.82, 2.24) is 0 Å². The van der Waals surface area contributed by atoms with Crippen molar-refractivity contribution in [3.8, 4) is 5.75 Å². The average molecular weight is 241 g/mol. The number of benzene rings is 1. The van der Waals surface area contributed by atoms with Crippen LogP contribution >= 0.6 is 0 Å². The molecule has 0 radical (unpaired) electrons. The van der Waals surface area contributed by atoms with Gasteiger partial charge in [-0.15, -0.1) is 0 Å². The van der Waals surface area contributed by atoms with Gasteiger partial charge in [0.05, 0.1) is 11.7 Å². The monoisotopic (exact) mass is 241 g/mol. The molecule has 4 heteroatoms. The lowest BCUT2D eigenvalue weighted by Gasteiger charge is -2.24. The van der Waals surface area contributed by atoms with E-state index in [1.165, 1.54) is 12.5 Å². The molecule has 0 saturated heterocycles. The minimum absolute atomic E-state index is 0.0740. The summed E-state index contributed by atoms with van der Waals surface area (Å²) in [4.78, 5) is 0. The van der Waals surface area contributed by atoms with E-state index >= 15 is 0 Å². The molecule has 0 aromatic heterocycles. The Morgan fingerprint density at radius 1 is 1.18 bits per heavy atom. The Balaban J connectivity index is 2.13. The van der Waals surface area contributed by atoms with Crippen LogP contribution < -0.4 is 10.5 Å². The highest BCUT2D eigenvalue weighted by Crippen LogP contribution is 2.33. The SMILES string of the molecule is Nc1ccc(OC2CCCCC2)c(C(F)F)c1.